The van der Waals surface area contributed by atoms with Crippen LogP contribution in [0.15, 0.2) is 66.6 Å². The summed E-state index contributed by atoms with van der Waals surface area (Å²) in [5.41, 5.74) is -1.73. The highest BCUT2D eigenvalue weighted by atomic mass is 35.5. The third-order valence-corrected chi connectivity index (χ3v) is 5.52. The van der Waals surface area contributed by atoms with Crippen molar-refractivity contribution in [2.75, 3.05) is 32.5 Å². The average Bonchev–Trinajstić information content (AvgIpc) is 3.11. The number of aryl methyl sites for hydroxylation is 1. The summed E-state index contributed by atoms with van der Waals surface area (Å²) in [6.07, 6.45) is -0.242. The van der Waals surface area contributed by atoms with Gasteiger partial charge in [0.15, 0.2) is 5.78 Å². The van der Waals surface area contributed by atoms with E-state index in [1.54, 1.807) is 13.0 Å². The predicted molar refractivity (Wildman–Crippen MR) is 162 cm³/mol. The fourth-order valence-electron chi connectivity index (χ4n) is 3.50. The summed E-state index contributed by atoms with van der Waals surface area (Å²) in [6, 6.07) is -2.74. The lowest BCUT2D eigenvalue weighted by Gasteiger charge is -2.16. The molecule has 2 aromatic heterocycles. The van der Waals surface area contributed by atoms with Crippen LogP contribution in [0.5, 0.6) is 11.5 Å². The molecule has 41 heavy (non-hydrogen) atoms. The molecule has 0 aliphatic heterocycles. The zero-order valence-electron chi connectivity index (χ0n) is 35.3. The maximum absolute atomic E-state index is 13.2. The van der Waals surface area contributed by atoms with Gasteiger partial charge in [-0.15, -0.1) is 0 Å². The standard InChI is InChI=1S/C32H32ClN5O3/c1-5-40-31-17-29-27(15-22(31)14-26(39)10-7-13-38(3)4)32(23(18-34)19-35-29)37-24-11-12-30(28(33)16-24)41-20-25-9-6-8-21(2)36-25/h6-12,15-17,19H,5,13-14,20H2,1-4H3,(H,35,37)/b10-7+/i3D3,6D,8D,9D,10D,11D,12D,15D,16D,17D,19D. The number of fused-ring (bicyclic) bond motifs is 1. The van der Waals surface area contributed by atoms with E-state index >= 15 is 0 Å². The molecular formula is C32H32ClN5O3. The summed E-state index contributed by atoms with van der Waals surface area (Å²) in [7, 11) is 1.28. The van der Waals surface area contributed by atoms with Crippen LogP contribution in [-0.2, 0) is 17.8 Å². The fourth-order valence-corrected chi connectivity index (χ4v) is 3.69. The number of nitrogens with one attached hydrogen (secondary N) is 1. The molecule has 4 aromatic rings. The first-order chi connectivity index (χ1) is 25.2. The van der Waals surface area contributed by atoms with Crippen LogP contribution in [0.3, 0.4) is 0 Å². The molecule has 0 amide bonds. The van der Waals surface area contributed by atoms with Gasteiger partial charge in [-0.05, 0) is 70.2 Å². The Kier molecular flexibility index (Phi) is 5.61. The number of halogens is 1. The first kappa shape index (κ1) is 16.7. The van der Waals surface area contributed by atoms with Crippen molar-refractivity contribution in [3.8, 4) is 17.6 Å². The molecular weight excluding hydrogens is 538 g/mol. The van der Waals surface area contributed by atoms with E-state index in [0.29, 0.717) is 0 Å². The number of ketones is 1. The summed E-state index contributed by atoms with van der Waals surface area (Å²) >= 11 is 6.47. The van der Waals surface area contributed by atoms with E-state index < -0.39 is 102 Å². The Labute approximate surface area is 263 Å². The van der Waals surface area contributed by atoms with Crippen LogP contribution < -0.4 is 14.8 Å². The summed E-state index contributed by atoms with van der Waals surface area (Å²) in [5.74, 6) is -1.56. The number of rotatable bonds is 12. The van der Waals surface area contributed by atoms with Gasteiger partial charge >= 0.3 is 0 Å². The lowest BCUT2D eigenvalue weighted by molar-refractivity contribution is -0.114. The topological polar surface area (TPSA) is 100 Å². The predicted octanol–water partition coefficient (Wildman–Crippen LogP) is 6.41. The van der Waals surface area contributed by atoms with E-state index in [-0.39, 0.29) is 58.5 Å². The Morgan fingerprint density at radius 3 is 2.90 bits per heavy atom. The van der Waals surface area contributed by atoms with E-state index in [9.17, 15) is 10.1 Å². The highest BCUT2D eigenvalue weighted by Crippen LogP contribution is 2.36. The summed E-state index contributed by atoms with van der Waals surface area (Å²) in [6.45, 7) is -0.228. The number of hydrogen-bond acceptors (Lipinski definition) is 8. The van der Waals surface area contributed by atoms with E-state index in [4.69, 9.17) is 38.9 Å². The highest BCUT2D eigenvalue weighted by Gasteiger charge is 2.16. The normalized spacial score (nSPS) is 16.2. The zero-order chi connectivity index (χ0) is 40.6. The van der Waals surface area contributed by atoms with Crippen LogP contribution in [0, 0.1) is 18.3 Å². The number of pyridine rings is 2. The first-order valence-electron chi connectivity index (χ1n) is 18.7. The average molecular weight is 583 g/mol. The fraction of sp³-hybridized carbons (Fsp3) is 0.250. The minimum atomic E-state index is -2.48. The van der Waals surface area contributed by atoms with Gasteiger partial charge in [-0.1, -0.05) is 23.7 Å². The molecule has 0 unspecified atom stereocenters. The second kappa shape index (κ2) is 13.8. The third-order valence-electron chi connectivity index (χ3n) is 5.26. The molecule has 2 aromatic carbocycles. The number of anilines is 2. The number of carbonyl (C=O) groups is 1. The Morgan fingerprint density at radius 1 is 1.27 bits per heavy atom. The number of aromatic nitrogens is 2. The van der Waals surface area contributed by atoms with Gasteiger partial charge in [0.1, 0.15) is 24.2 Å². The smallest absolute Gasteiger partial charge is 0.159 e. The van der Waals surface area contributed by atoms with Crippen LogP contribution in [0.25, 0.3) is 10.9 Å². The lowest BCUT2D eigenvalue weighted by Crippen LogP contribution is -2.11. The van der Waals surface area contributed by atoms with Crippen molar-refractivity contribution in [2.24, 2.45) is 0 Å². The molecule has 2 heterocycles. The number of benzene rings is 2. The van der Waals surface area contributed by atoms with Crippen LogP contribution in [0.4, 0.5) is 11.4 Å². The zero-order valence-corrected chi connectivity index (χ0v) is 23.1. The third kappa shape index (κ3) is 7.82. The molecule has 8 nitrogen and oxygen atoms in total. The summed E-state index contributed by atoms with van der Waals surface area (Å²) in [5, 5.41) is 12.0. The number of carbonyl (C=O) groups excluding carboxylic acids is 1. The van der Waals surface area contributed by atoms with Crippen molar-refractivity contribution in [2.45, 2.75) is 26.9 Å². The van der Waals surface area contributed by atoms with Crippen LogP contribution in [-0.4, -0.2) is 47.8 Å². The minimum Gasteiger partial charge on any atom is -0.494 e. The molecule has 4 rings (SSSR count). The number of nitriles is 1. The summed E-state index contributed by atoms with van der Waals surface area (Å²) in [4.78, 5) is 22.3. The van der Waals surface area contributed by atoms with Crippen LogP contribution in [0.2, 0.25) is 5.02 Å². The highest BCUT2D eigenvalue weighted by molar-refractivity contribution is 6.32. The van der Waals surface area contributed by atoms with Crippen molar-refractivity contribution < 1.29 is 32.1 Å². The first-order valence-corrected chi connectivity index (χ1v) is 12.6. The Bertz CT molecular complexity index is 2230. The molecule has 9 heteroatoms. The second-order valence-corrected chi connectivity index (χ2v) is 8.83. The van der Waals surface area contributed by atoms with E-state index in [1.165, 1.54) is 14.0 Å². The number of likely N-dealkylation sites (N-methyl/N-ethyl adjacent to an activating group) is 1. The Hall–Kier alpha value is -4.45. The lowest BCUT2D eigenvalue weighted by atomic mass is 10.0. The number of allylic oxidation sites excluding steroid dienone is 1. The molecule has 0 radical (unpaired) electrons. The largest absolute Gasteiger partial charge is 0.494 e. The van der Waals surface area contributed by atoms with Crippen LogP contribution >= 0.6 is 11.6 Å². The second-order valence-electron chi connectivity index (χ2n) is 8.45. The molecule has 0 bridgehead atoms. The van der Waals surface area contributed by atoms with Crippen molar-refractivity contribution in [3.63, 3.8) is 0 Å². The molecule has 0 saturated heterocycles. The molecule has 210 valence electrons. The van der Waals surface area contributed by atoms with Gasteiger partial charge in [0, 0.05) is 51.6 Å². The minimum absolute atomic E-state index is 0.0255. The maximum Gasteiger partial charge on any atom is 0.159 e. The van der Waals surface area contributed by atoms with Gasteiger partial charge in [0.25, 0.3) is 0 Å². The van der Waals surface area contributed by atoms with Gasteiger partial charge < -0.3 is 19.7 Å². The number of ether oxygens (including phenoxy) is 2. The maximum atomic E-state index is 13.2. The Morgan fingerprint density at radius 2 is 2.12 bits per heavy atom. The summed E-state index contributed by atoms with van der Waals surface area (Å²) < 4.78 is 118. The molecule has 0 fully saturated rings. The molecule has 0 aliphatic carbocycles. The molecule has 0 atom stereocenters. The monoisotopic (exact) mass is 582 g/mol. The van der Waals surface area contributed by atoms with Gasteiger partial charge in [-0.3, -0.25) is 14.8 Å². The van der Waals surface area contributed by atoms with Crippen molar-refractivity contribution >= 4 is 39.7 Å². The van der Waals surface area contributed by atoms with Gasteiger partial charge in [-0.2, -0.15) is 5.26 Å². The Balaban J connectivity index is 1.87. The van der Waals surface area contributed by atoms with E-state index in [2.05, 4.69) is 15.3 Å². The van der Waals surface area contributed by atoms with E-state index in [1.807, 2.05) is 0 Å². The van der Waals surface area contributed by atoms with Crippen molar-refractivity contribution in [1.82, 2.24) is 14.9 Å². The van der Waals surface area contributed by atoms with Gasteiger partial charge in [0.05, 0.1) is 47.8 Å². The SMILES string of the molecule is [2H]/C(=C\CN(C)C([2H])([2H])[2H])C(=O)Cc1c(OCC)c([2H])c2nc([2H])c(C#N)c(Nc3c([2H])c([2H])c(OCc4nc(C)c([2H])c([2H])c4[2H])c(Cl)c3[2H])c2c1[2H]. The van der Waals surface area contributed by atoms with E-state index in [0.717, 1.165) is 11.0 Å². The number of hydrogen-bond donors (Lipinski definition) is 1. The molecule has 0 saturated carbocycles. The molecule has 0 spiro atoms. The van der Waals surface area contributed by atoms with Crippen LogP contribution in [0.1, 0.15) is 47.3 Å². The molecule has 1 N–H and O–H groups in total. The van der Waals surface area contributed by atoms with Crippen molar-refractivity contribution in [3.05, 3.63) is 94.2 Å². The van der Waals surface area contributed by atoms with Gasteiger partial charge in [0.2, 0.25) is 0 Å². The quantitative estimate of drug-likeness (QED) is 0.191. The van der Waals surface area contributed by atoms with Gasteiger partial charge in [-0.25, -0.2) is 0 Å². The van der Waals surface area contributed by atoms with Crippen molar-refractivity contribution in [1.29, 1.82) is 5.26 Å². The molecule has 0 aliphatic rings. The number of nitrogens with zero attached hydrogens (tertiary/aromatic N) is 4.